The van der Waals surface area contributed by atoms with E-state index in [4.69, 9.17) is 10.5 Å². The van der Waals surface area contributed by atoms with E-state index in [0.717, 1.165) is 19.2 Å². The van der Waals surface area contributed by atoms with E-state index >= 15 is 0 Å². The zero-order chi connectivity index (χ0) is 13.5. The summed E-state index contributed by atoms with van der Waals surface area (Å²) in [4.78, 5) is 11.2. The van der Waals surface area contributed by atoms with Gasteiger partial charge in [-0.05, 0) is 18.2 Å². The number of carbonyl (C=O) groups excluding carboxylic acids is 1. The van der Waals surface area contributed by atoms with E-state index in [1.165, 1.54) is 6.07 Å². The molecule has 0 saturated carbocycles. The molecule has 0 fully saturated rings. The Balaban J connectivity index is 3.01. The molecule has 0 aliphatic rings. The molecule has 0 spiro atoms. The Bertz CT molecular complexity index is 568. The minimum absolute atomic E-state index is 0.250. The van der Waals surface area contributed by atoms with Gasteiger partial charge in [-0.15, -0.1) is 0 Å². The molecule has 0 unspecified atom stereocenters. The number of nitriles is 2. The normalized spacial score (nSPS) is 8.67. The van der Waals surface area contributed by atoms with Gasteiger partial charge in [-0.25, -0.2) is 9.18 Å². The first-order valence-electron chi connectivity index (χ1n) is 4.64. The smallest absolute Gasteiger partial charge is 0.340 e. The van der Waals surface area contributed by atoms with Crippen LogP contribution in [-0.2, 0) is 4.74 Å². The number of carbonyl (C=O) groups is 1. The molecule has 18 heavy (non-hydrogen) atoms. The highest BCUT2D eigenvalue weighted by atomic mass is 19.1. The maximum absolute atomic E-state index is 13.3. The van der Waals surface area contributed by atoms with Crippen molar-refractivity contribution in [1.29, 1.82) is 10.5 Å². The van der Waals surface area contributed by atoms with Gasteiger partial charge in [0, 0.05) is 0 Å². The maximum atomic E-state index is 13.3. The van der Waals surface area contributed by atoms with Crippen molar-refractivity contribution in [3.8, 4) is 12.1 Å². The molecule has 1 rings (SSSR count). The van der Waals surface area contributed by atoms with E-state index in [0.29, 0.717) is 0 Å². The zero-order valence-electron chi connectivity index (χ0n) is 9.27. The van der Waals surface area contributed by atoms with Gasteiger partial charge < -0.3 is 4.74 Å². The van der Waals surface area contributed by atoms with Gasteiger partial charge in [0.1, 0.15) is 18.0 Å². The molecule has 0 radical (unpaired) electrons. The fourth-order valence-electron chi connectivity index (χ4n) is 1.06. The molecule has 0 amide bonds. The average molecular weight is 246 g/mol. The molecule has 0 heterocycles. The van der Waals surface area contributed by atoms with Crippen molar-refractivity contribution >= 4 is 17.4 Å². The van der Waals surface area contributed by atoms with Crippen LogP contribution in [-0.4, -0.2) is 18.8 Å². The third-order valence-corrected chi connectivity index (χ3v) is 1.88. The van der Waals surface area contributed by atoms with Crippen LogP contribution in [0.1, 0.15) is 10.4 Å². The summed E-state index contributed by atoms with van der Waals surface area (Å²) in [5.74, 6) is -1.57. The number of benzene rings is 1. The van der Waals surface area contributed by atoms with Gasteiger partial charge in [0.25, 0.3) is 0 Å². The molecule has 0 aliphatic carbocycles. The second kappa shape index (κ2) is 5.97. The van der Waals surface area contributed by atoms with Gasteiger partial charge >= 0.3 is 5.97 Å². The number of hydrogen-bond acceptors (Lipinski definition) is 6. The molecule has 0 atom stereocenters. The highest BCUT2D eigenvalue weighted by molar-refractivity contribution is 6.10. The number of hydrazone groups is 1. The lowest BCUT2D eigenvalue weighted by Crippen LogP contribution is -2.05. The van der Waals surface area contributed by atoms with Crippen molar-refractivity contribution in [2.75, 3.05) is 12.5 Å². The van der Waals surface area contributed by atoms with E-state index in [9.17, 15) is 9.18 Å². The van der Waals surface area contributed by atoms with Crippen LogP contribution >= 0.6 is 0 Å². The lowest BCUT2D eigenvalue weighted by molar-refractivity contribution is 0.0595. The summed E-state index contributed by atoms with van der Waals surface area (Å²) in [7, 11) is 1.13. The van der Waals surface area contributed by atoms with Crippen molar-refractivity contribution in [3.05, 3.63) is 29.6 Å². The Morgan fingerprint density at radius 2 is 2.11 bits per heavy atom. The number of rotatable bonds is 3. The highest BCUT2D eigenvalue weighted by Crippen LogP contribution is 2.15. The van der Waals surface area contributed by atoms with Crippen LogP contribution in [0.2, 0.25) is 0 Å². The molecule has 0 aromatic heterocycles. The first-order chi connectivity index (χ1) is 8.62. The maximum Gasteiger partial charge on any atom is 0.340 e. The van der Waals surface area contributed by atoms with Gasteiger partial charge in [0.05, 0.1) is 18.4 Å². The molecule has 1 N–H and O–H groups in total. The van der Waals surface area contributed by atoms with Crippen LogP contribution < -0.4 is 5.43 Å². The standard InChI is InChI=1S/C11H7FN4O2/c1-18-11(17)9-4-7(2-3-10(9)12)15-16-8(5-13)6-14/h2-4,15H,1H3. The lowest BCUT2D eigenvalue weighted by Gasteiger charge is -2.04. The van der Waals surface area contributed by atoms with E-state index in [-0.39, 0.29) is 17.0 Å². The van der Waals surface area contributed by atoms with Crippen molar-refractivity contribution < 1.29 is 13.9 Å². The summed E-state index contributed by atoms with van der Waals surface area (Å²) in [6.07, 6.45) is 0. The fourth-order valence-corrected chi connectivity index (χ4v) is 1.06. The van der Waals surface area contributed by atoms with Crippen molar-refractivity contribution in [1.82, 2.24) is 0 Å². The minimum atomic E-state index is -0.832. The number of nitrogens with zero attached hydrogens (tertiary/aromatic N) is 3. The van der Waals surface area contributed by atoms with Crippen LogP contribution in [0.25, 0.3) is 0 Å². The predicted octanol–water partition coefficient (Wildman–Crippen LogP) is 1.43. The van der Waals surface area contributed by atoms with Crippen molar-refractivity contribution in [3.63, 3.8) is 0 Å². The lowest BCUT2D eigenvalue weighted by atomic mass is 10.2. The van der Waals surface area contributed by atoms with Gasteiger partial charge in [0.15, 0.2) is 0 Å². The largest absolute Gasteiger partial charge is 0.465 e. The first kappa shape index (κ1) is 13.1. The monoisotopic (exact) mass is 246 g/mol. The molecule has 90 valence electrons. The second-order valence-electron chi connectivity index (χ2n) is 2.98. The molecule has 7 heteroatoms. The Hall–Kier alpha value is -2.93. The Morgan fingerprint density at radius 3 is 2.67 bits per heavy atom. The minimum Gasteiger partial charge on any atom is -0.465 e. The van der Waals surface area contributed by atoms with Gasteiger partial charge in [-0.1, -0.05) is 0 Å². The van der Waals surface area contributed by atoms with Gasteiger partial charge in [-0.2, -0.15) is 15.6 Å². The average Bonchev–Trinajstić information content (AvgIpc) is 2.40. The number of methoxy groups -OCH3 is 1. The molecule has 1 aromatic rings. The Morgan fingerprint density at radius 1 is 1.44 bits per heavy atom. The molecule has 0 saturated heterocycles. The number of hydrogen-bond donors (Lipinski definition) is 1. The van der Waals surface area contributed by atoms with E-state index in [2.05, 4.69) is 15.3 Å². The van der Waals surface area contributed by atoms with Crippen LogP contribution in [0.15, 0.2) is 23.3 Å². The zero-order valence-corrected chi connectivity index (χ0v) is 9.27. The fraction of sp³-hybridized carbons (Fsp3) is 0.0909. The van der Waals surface area contributed by atoms with E-state index in [1.54, 1.807) is 12.1 Å². The Labute approximate surface area is 102 Å². The Kier molecular flexibility index (Phi) is 4.35. The number of anilines is 1. The second-order valence-corrected chi connectivity index (χ2v) is 2.98. The van der Waals surface area contributed by atoms with Crippen LogP contribution in [0.3, 0.4) is 0 Å². The van der Waals surface area contributed by atoms with Gasteiger partial charge in [-0.3, -0.25) is 5.43 Å². The molecule has 1 aromatic carbocycles. The molecule has 0 bridgehead atoms. The van der Waals surface area contributed by atoms with E-state index < -0.39 is 11.8 Å². The van der Waals surface area contributed by atoms with Crippen LogP contribution in [0, 0.1) is 28.5 Å². The summed E-state index contributed by atoms with van der Waals surface area (Å²) in [5, 5.41) is 20.4. The number of ether oxygens (including phenoxy) is 1. The molecular weight excluding hydrogens is 239 g/mol. The van der Waals surface area contributed by atoms with Crippen molar-refractivity contribution in [2.45, 2.75) is 0 Å². The number of halogens is 1. The van der Waals surface area contributed by atoms with Gasteiger partial charge in [0.2, 0.25) is 5.71 Å². The predicted molar refractivity (Wildman–Crippen MR) is 60.0 cm³/mol. The van der Waals surface area contributed by atoms with Crippen molar-refractivity contribution in [2.24, 2.45) is 5.10 Å². The topological polar surface area (TPSA) is 98.3 Å². The number of nitrogens with one attached hydrogen (secondary N) is 1. The number of esters is 1. The van der Waals surface area contributed by atoms with Crippen LogP contribution in [0.4, 0.5) is 10.1 Å². The summed E-state index contributed by atoms with van der Waals surface area (Å²) < 4.78 is 17.7. The quantitative estimate of drug-likeness (QED) is 0.494. The third-order valence-electron chi connectivity index (χ3n) is 1.88. The highest BCUT2D eigenvalue weighted by Gasteiger charge is 2.12. The summed E-state index contributed by atoms with van der Waals surface area (Å²) in [5.41, 5.74) is 1.95. The third kappa shape index (κ3) is 3.03. The summed E-state index contributed by atoms with van der Waals surface area (Å²) in [6, 6.07) is 6.60. The summed E-state index contributed by atoms with van der Waals surface area (Å²) in [6.45, 7) is 0. The molecule has 0 aliphatic heterocycles. The summed E-state index contributed by atoms with van der Waals surface area (Å²) >= 11 is 0. The van der Waals surface area contributed by atoms with E-state index in [1.807, 2.05) is 0 Å². The SMILES string of the molecule is COC(=O)c1cc(NN=C(C#N)C#N)ccc1F. The van der Waals surface area contributed by atoms with Crippen LogP contribution in [0.5, 0.6) is 0 Å². The molecular formula is C11H7FN4O2. The molecule has 6 nitrogen and oxygen atoms in total. The first-order valence-corrected chi connectivity index (χ1v) is 4.64.